The lowest BCUT2D eigenvalue weighted by Gasteiger charge is -2.26. The van der Waals surface area contributed by atoms with Gasteiger partial charge in [0.2, 0.25) is 0 Å². The summed E-state index contributed by atoms with van der Waals surface area (Å²) in [5.41, 5.74) is 5.51. The summed E-state index contributed by atoms with van der Waals surface area (Å²) in [6, 6.07) is 17.8. The maximum absolute atomic E-state index is 12.0. The summed E-state index contributed by atoms with van der Waals surface area (Å²) in [6.45, 7) is 0. The first-order chi connectivity index (χ1) is 13.3. The van der Waals surface area contributed by atoms with Crippen LogP contribution < -0.4 is 5.32 Å². The smallest absolute Gasteiger partial charge is 0.412 e. The number of nitrogens with one attached hydrogen (secondary N) is 2. The molecular weight excluding hydrogens is 340 g/mol. The number of hydrogen-bond donors (Lipinski definition) is 2. The standard InChI is InChI=1S/C21H16N4O2/c26-21-23-17-12-18-16(20(25-24-18)14-6-8-22-9-7-14)11-15(17)19(27-21)10-13-4-2-1-3-5-13/h1-9,11-12,19H,10H2,(H,23,26)(H,24,25). The highest BCUT2D eigenvalue weighted by molar-refractivity contribution is 5.98. The summed E-state index contributed by atoms with van der Waals surface area (Å²) in [6.07, 6.45) is 3.33. The minimum atomic E-state index is -0.434. The SMILES string of the molecule is O=C1Nc2cc3[nH]nc(-c4ccncc4)c3cc2C(Cc2ccccc2)O1. The van der Waals surface area contributed by atoms with Gasteiger partial charge >= 0.3 is 6.09 Å². The number of carbonyl (C=O) groups is 1. The highest BCUT2D eigenvalue weighted by atomic mass is 16.6. The van der Waals surface area contributed by atoms with E-state index >= 15 is 0 Å². The Labute approximate surface area is 155 Å². The quantitative estimate of drug-likeness (QED) is 0.567. The molecule has 0 radical (unpaired) electrons. The van der Waals surface area contributed by atoms with Crippen LogP contribution in [0.3, 0.4) is 0 Å². The van der Waals surface area contributed by atoms with Gasteiger partial charge < -0.3 is 4.74 Å². The van der Waals surface area contributed by atoms with Gasteiger partial charge in [-0.05, 0) is 29.8 Å². The summed E-state index contributed by atoms with van der Waals surface area (Å²) >= 11 is 0. The number of pyridine rings is 1. The third kappa shape index (κ3) is 2.81. The van der Waals surface area contributed by atoms with Gasteiger partial charge in [-0.1, -0.05) is 30.3 Å². The van der Waals surface area contributed by atoms with Gasteiger partial charge in [-0.2, -0.15) is 5.10 Å². The highest BCUT2D eigenvalue weighted by Gasteiger charge is 2.28. The summed E-state index contributed by atoms with van der Waals surface area (Å²) in [5, 5.41) is 11.3. The molecule has 2 aromatic heterocycles. The maximum atomic E-state index is 12.0. The lowest BCUT2D eigenvalue weighted by Crippen LogP contribution is -2.25. The van der Waals surface area contributed by atoms with E-state index in [4.69, 9.17) is 4.74 Å². The van der Waals surface area contributed by atoms with Crippen LogP contribution in [0.15, 0.2) is 67.0 Å². The second-order valence-corrected chi connectivity index (χ2v) is 6.50. The van der Waals surface area contributed by atoms with Crippen molar-refractivity contribution in [2.75, 3.05) is 5.32 Å². The second kappa shape index (κ2) is 6.25. The molecule has 0 spiro atoms. The van der Waals surface area contributed by atoms with Crippen molar-refractivity contribution in [3.63, 3.8) is 0 Å². The van der Waals surface area contributed by atoms with Crippen molar-refractivity contribution < 1.29 is 9.53 Å². The van der Waals surface area contributed by atoms with Crippen LogP contribution in [0.25, 0.3) is 22.2 Å². The summed E-state index contributed by atoms with van der Waals surface area (Å²) in [5.74, 6) is 0. The Morgan fingerprint density at radius 1 is 1.04 bits per heavy atom. The van der Waals surface area contributed by atoms with E-state index in [-0.39, 0.29) is 6.10 Å². The van der Waals surface area contributed by atoms with Gasteiger partial charge in [0.15, 0.2) is 0 Å². The summed E-state index contributed by atoms with van der Waals surface area (Å²) < 4.78 is 5.60. The molecule has 6 heteroatoms. The third-order valence-electron chi connectivity index (χ3n) is 4.78. The molecule has 27 heavy (non-hydrogen) atoms. The monoisotopic (exact) mass is 356 g/mol. The van der Waals surface area contributed by atoms with E-state index in [9.17, 15) is 4.79 Å². The van der Waals surface area contributed by atoms with Gasteiger partial charge in [0.1, 0.15) is 11.8 Å². The first kappa shape index (κ1) is 15.6. The number of rotatable bonds is 3. The van der Waals surface area contributed by atoms with E-state index in [1.54, 1.807) is 12.4 Å². The molecule has 0 saturated carbocycles. The molecule has 0 aliphatic carbocycles. The molecule has 4 aromatic rings. The van der Waals surface area contributed by atoms with Gasteiger partial charge in [-0.3, -0.25) is 15.4 Å². The molecule has 1 unspecified atom stereocenters. The number of fused-ring (bicyclic) bond motifs is 2. The van der Waals surface area contributed by atoms with Crippen LogP contribution in [0.4, 0.5) is 10.5 Å². The Hall–Kier alpha value is -3.67. The molecule has 1 amide bonds. The topological polar surface area (TPSA) is 79.9 Å². The molecule has 2 aromatic carbocycles. The number of aromatic nitrogens is 3. The highest BCUT2D eigenvalue weighted by Crippen LogP contribution is 2.38. The average molecular weight is 356 g/mol. The number of ether oxygens (including phenoxy) is 1. The molecule has 0 bridgehead atoms. The minimum absolute atomic E-state index is 0.347. The number of amides is 1. The zero-order chi connectivity index (χ0) is 18.2. The molecule has 1 atom stereocenters. The fourth-order valence-corrected chi connectivity index (χ4v) is 3.50. The predicted octanol–water partition coefficient (Wildman–Crippen LogP) is 4.47. The lowest BCUT2D eigenvalue weighted by atomic mass is 9.96. The van der Waals surface area contributed by atoms with Crippen LogP contribution >= 0.6 is 0 Å². The number of cyclic esters (lactones) is 1. The van der Waals surface area contributed by atoms with Crippen LogP contribution in [-0.2, 0) is 11.2 Å². The number of nitrogens with zero attached hydrogens (tertiary/aromatic N) is 2. The second-order valence-electron chi connectivity index (χ2n) is 6.50. The third-order valence-corrected chi connectivity index (χ3v) is 4.78. The first-order valence-electron chi connectivity index (χ1n) is 8.72. The zero-order valence-corrected chi connectivity index (χ0v) is 14.3. The van der Waals surface area contributed by atoms with E-state index in [0.717, 1.165) is 39.0 Å². The fraction of sp³-hybridized carbons (Fsp3) is 0.0952. The van der Waals surface area contributed by atoms with Crippen molar-refractivity contribution in [1.29, 1.82) is 0 Å². The molecule has 2 N–H and O–H groups in total. The first-order valence-corrected chi connectivity index (χ1v) is 8.72. The molecule has 1 aliphatic rings. The zero-order valence-electron chi connectivity index (χ0n) is 14.3. The molecule has 3 heterocycles. The normalized spacial score (nSPS) is 15.9. The van der Waals surface area contributed by atoms with E-state index < -0.39 is 6.09 Å². The van der Waals surface area contributed by atoms with Crippen molar-refractivity contribution >= 4 is 22.7 Å². The van der Waals surface area contributed by atoms with Crippen LogP contribution in [-0.4, -0.2) is 21.3 Å². The van der Waals surface area contributed by atoms with Crippen molar-refractivity contribution in [2.45, 2.75) is 12.5 Å². The fourth-order valence-electron chi connectivity index (χ4n) is 3.50. The minimum Gasteiger partial charge on any atom is -0.441 e. The molecule has 0 fully saturated rings. The number of hydrogen-bond acceptors (Lipinski definition) is 4. The Bertz CT molecular complexity index is 1120. The van der Waals surface area contributed by atoms with Crippen LogP contribution in [0.1, 0.15) is 17.2 Å². The lowest BCUT2D eigenvalue weighted by molar-refractivity contribution is 0.106. The molecule has 5 rings (SSSR count). The van der Waals surface area contributed by atoms with E-state index in [1.807, 2.05) is 48.5 Å². The molecule has 6 nitrogen and oxygen atoms in total. The number of benzene rings is 2. The Morgan fingerprint density at radius 3 is 2.67 bits per heavy atom. The largest absolute Gasteiger partial charge is 0.441 e. The van der Waals surface area contributed by atoms with Crippen LogP contribution in [0, 0.1) is 0 Å². The van der Waals surface area contributed by atoms with E-state index in [1.165, 1.54) is 0 Å². The van der Waals surface area contributed by atoms with Gasteiger partial charge in [0.05, 0.1) is 11.2 Å². The maximum Gasteiger partial charge on any atom is 0.412 e. The van der Waals surface area contributed by atoms with E-state index in [2.05, 4.69) is 26.6 Å². The van der Waals surface area contributed by atoms with Gasteiger partial charge in [0, 0.05) is 35.3 Å². The van der Waals surface area contributed by atoms with Crippen molar-refractivity contribution in [2.24, 2.45) is 0 Å². The molecular formula is C21H16N4O2. The van der Waals surface area contributed by atoms with Gasteiger partial charge in [-0.25, -0.2) is 4.79 Å². The number of carbonyl (C=O) groups excluding carboxylic acids is 1. The molecule has 132 valence electrons. The van der Waals surface area contributed by atoms with Crippen molar-refractivity contribution in [3.05, 3.63) is 78.1 Å². The Kier molecular flexibility index (Phi) is 3.60. The van der Waals surface area contributed by atoms with Crippen LogP contribution in [0.5, 0.6) is 0 Å². The van der Waals surface area contributed by atoms with Crippen molar-refractivity contribution in [3.8, 4) is 11.3 Å². The number of H-pyrrole nitrogens is 1. The molecule has 0 saturated heterocycles. The van der Waals surface area contributed by atoms with Gasteiger partial charge in [-0.15, -0.1) is 0 Å². The summed E-state index contributed by atoms with van der Waals surface area (Å²) in [7, 11) is 0. The Balaban J connectivity index is 1.62. The van der Waals surface area contributed by atoms with Gasteiger partial charge in [0.25, 0.3) is 0 Å². The average Bonchev–Trinajstić information content (AvgIpc) is 3.11. The number of aromatic amines is 1. The predicted molar refractivity (Wildman–Crippen MR) is 102 cm³/mol. The molecule has 1 aliphatic heterocycles. The Morgan fingerprint density at radius 2 is 1.85 bits per heavy atom. The van der Waals surface area contributed by atoms with E-state index in [0.29, 0.717) is 6.42 Å². The number of anilines is 1. The summed E-state index contributed by atoms with van der Waals surface area (Å²) in [4.78, 5) is 16.1. The van der Waals surface area contributed by atoms with Crippen molar-refractivity contribution in [1.82, 2.24) is 15.2 Å². The van der Waals surface area contributed by atoms with Crippen LogP contribution in [0.2, 0.25) is 0 Å².